The molecule has 4 amide bonds. The van der Waals surface area contributed by atoms with Crippen LogP contribution in [0.1, 0.15) is 157 Å². The number of aromatic amines is 1. The fourth-order valence-electron chi connectivity index (χ4n) is 12.0. The van der Waals surface area contributed by atoms with Crippen LogP contribution < -0.4 is 9.80 Å². The van der Waals surface area contributed by atoms with E-state index in [0.717, 1.165) is 115 Å². The molecular formula is C63H84F3IN8O8S. The quantitative estimate of drug-likeness (QED) is 0.0546. The van der Waals surface area contributed by atoms with Gasteiger partial charge >= 0.3 is 6.18 Å². The summed E-state index contributed by atoms with van der Waals surface area (Å²) >= 11 is 0. The molecule has 16 nitrogen and oxygen atoms in total. The van der Waals surface area contributed by atoms with Crippen LogP contribution in [-0.4, -0.2) is 112 Å². The molecule has 0 bridgehead atoms. The molecule has 0 saturated carbocycles. The van der Waals surface area contributed by atoms with E-state index in [1.54, 1.807) is 34.1 Å². The Bertz CT molecular complexity index is 3180. The van der Waals surface area contributed by atoms with Crippen LogP contribution in [0.5, 0.6) is 0 Å². The van der Waals surface area contributed by atoms with Gasteiger partial charge in [0.05, 0.1) is 36.0 Å². The number of nitrogens with one attached hydrogen (secondary N) is 1. The van der Waals surface area contributed by atoms with Crippen LogP contribution in [0.15, 0.2) is 77.7 Å². The zero-order valence-electron chi connectivity index (χ0n) is 49.7. The Balaban J connectivity index is 0.000000184. The van der Waals surface area contributed by atoms with Gasteiger partial charge in [0.15, 0.2) is 0 Å². The summed E-state index contributed by atoms with van der Waals surface area (Å²) in [5.74, 6) is 1.51. The molecule has 0 atom stereocenters. The van der Waals surface area contributed by atoms with Crippen molar-refractivity contribution < 1.29 is 50.1 Å². The summed E-state index contributed by atoms with van der Waals surface area (Å²) in [7, 11) is -3.55. The Hall–Kier alpha value is -5.65. The topological polar surface area (TPSA) is 191 Å². The summed E-state index contributed by atoms with van der Waals surface area (Å²) in [5.41, 5.74) is 7.76. The Morgan fingerprint density at radius 3 is 1.71 bits per heavy atom. The normalized spacial score (nSPS) is 17.0. The fraction of sp³-hybridized carbons (Fsp3) is 0.556. The summed E-state index contributed by atoms with van der Waals surface area (Å²) in [6, 6.07) is 22.3. The molecule has 2 aliphatic carbocycles. The molecule has 2 fully saturated rings. The lowest BCUT2D eigenvalue weighted by Gasteiger charge is -2.47. The molecule has 2 aromatic heterocycles. The maximum absolute atomic E-state index is 13.8. The molecule has 84 heavy (non-hydrogen) atoms. The lowest BCUT2D eigenvalue weighted by atomic mass is 9.74. The van der Waals surface area contributed by atoms with Gasteiger partial charge in [0.25, 0.3) is 10.1 Å². The van der Waals surface area contributed by atoms with E-state index in [4.69, 9.17) is 19.3 Å². The second kappa shape index (κ2) is 28.2. The fourth-order valence-corrected chi connectivity index (χ4v) is 12.9. The van der Waals surface area contributed by atoms with Crippen LogP contribution in [0.3, 0.4) is 0 Å². The smallest absolute Gasteiger partial charge is 0.389 e. The Morgan fingerprint density at radius 2 is 1.21 bits per heavy atom. The number of aliphatic hydroxyl groups is 1. The first kappa shape index (κ1) is 65.9. The predicted octanol–water partition coefficient (Wildman–Crippen LogP) is 10.9. The number of anilines is 2. The van der Waals surface area contributed by atoms with E-state index in [0.29, 0.717) is 45.2 Å². The van der Waals surface area contributed by atoms with Crippen molar-refractivity contribution in [3.05, 3.63) is 124 Å². The van der Waals surface area contributed by atoms with Crippen molar-refractivity contribution in [3.8, 4) is 0 Å². The molecule has 5 aromatic rings. The van der Waals surface area contributed by atoms with Gasteiger partial charge in [-0.1, -0.05) is 108 Å². The number of amides is 4. The first-order valence-electron chi connectivity index (χ1n) is 29.8. The van der Waals surface area contributed by atoms with Gasteiger partial charge in [-0.05, 0) is 113 Å². The molecule has 0 radical (unpaired) electrons. The number of unbranched alkanes of at least 4 members (excludes halogenated alkanes) is 2. The van der Waals surface area contributed by atoms with Gasteiger partial charge in [-0.3, -0.25) is 23.4 Å². The lowest BCUT2D eigenvalue weighted by Crippen LogP contribution is -2.65. The maximum atomic E-state index is 13.8. The van der Waals surface area contributed by atoms with Crippen molar-refractivity contribution in [2.24, 2.45) is 11.8 Å². The minimum absolute atomic E-state index is 0. The van der Waals surface area contributed by atoms with Crippen molar-refractivity contribution in [2.45, 2.75) is 180 Å². The molecule has 2 spiro atoms. The van der Waals surface area contributed by atoms with Gasteiger partial charge in [0.1, 0.15) is 22.5 Å². The third kappa shape index (κ3) is 14.4. The molecule has 2 saturated heterocycles. The first-order valence-corrected chi connectivity index (χ1v) is 31.2. The summed E-state index contributed by atoms with van der Waals surface area (Å²) in [6.45, 7) is 16.6. The van der Waals surface area contributed by atoms with Crippen molar-refractivity contribution in [1.82, 2.24) is 29.3 Å². The number of fused-ring (bicyclic) bond motifs is 6. The van der Waals surface area contributed by atoms with Crippen LogP contribution in [0.25, 0.3) is 0 Å². The number of imidazole rings is 2. The second-order valence-electron chi connectivity index (χ2n) is 23.5. The summed E-state index contributed by atoms with van der Waals surface area (Å²) in [4.78, 5) is 72.5. The summed E-state index contributed by atoms with van der Waals surface area (Å²) < 4.78 is 68.5. The van der Waals surface area contributed by atoms with E-state index >= 15 is 0 Å². The molecule has 0 unspecified atom stereocenters. The molecule has 21 heteroatoms. The number of aromatic nitrogens is 4. The highest BCUT2D eigenvalue weighted by Crippen LogP contribution is 2.50. The average Bonchev–Trinajstić information content (AvgIpc) is 1.57. The zero-order valence-corrected chi connectivity index (χ0v) is 52.9. The number of carbonyl (C=O) groups excluding carboxylic acids is 4. The number of H-pyrrole nitrogens is 1. The maximum Gasteiger partial charge on any atom is 0.389 e. The van der Waals surface area contributed by atoms with Gasteiger partial charge < -0.3 is 34.3 Å². The van der Waals surface area contributed by atoms with E-state index in [-0.39, 0.29) is 90.5 Å². The highest BCUT2D eigenvalue weighted by molar-refractivity contribution is 14.0. The van der Waals surface area contributed by atoms with E-state index in [2.05, 4.69) is 11.9 Å². The number of likely N-dealkylation sites (tertiary alicyclic amines) is 2. The number of alkyl halides is 3. The number of hydrogen-bond acceptors (Lipinski definition) is 10. The molecule has 11 rings (SSSR count). The molecule has 458 valence electrons. The first-order chi connectivity index (χ1) is 39.6. The number of carbonyl (C=O) groups is 4. The molecular weight excluding hydrogens is 1210 g/mol. The third-order valence-electron chi connectivity index (χ3n) is 16.5. The second-order valence-corrected chi connectivity index (χ2v) is 25.1. The Labute approximate surface area is 510 Å². The van der Waals surface area contributed by atoms with Gasteiger partial charge in [0.2, 0.25) is 23.6 Å². The number of rotatable bonds is 16. The summed E-state index contributed by atoms with van der Waals surface area (Å²) in [5, 5.41) is 8.07. The van der Waals surface area contributed by atoms with Gasteiger partial charge in [0, 0.05) is 80.3 Å². The lowest BCUT2D eigenvalue weighted by molar-refractivity contribution is -0.148. The third-order valence-corrected chi connectivity index (χ3v) is 17.8. The van der Waals surface area contributed by atoms with Crippen molar-refractivity contribution in [2.75, 3.05) is 49.2 Å². The number of hydrogen-bond donors (Lipinski definition) is 2. The number of nitrogens with zero attached hydrogens (tertiary/aromatic N) is 7. The van der Waals surface area contributed by atoms with Crippen LogP contribution in [0.2, 0.25) is 0 Å². The van der Waals surface area contributed by atoms with Crippen LogP contribution in [0.4, 0.5) is 24.5 Å². The highest BCUT2D eigenvalue weighted by Gasteiger charge is 2.60. The largest absolute Gasteiger partial charge is 0.396 e. The standard InChI is InChI=1S/C26H31F3N4O2.C22H26N4O2.C11H16O3S.C4H10O.HI/c1-17(2)23(34)31-15-25(16-31)18-8-3-5-10-20(18)33(24(25)35)14-22-30-19-9-4-6-11-21(19)32(22)13-7-12-26(27,28)29;1-14(2)20(27)25-12-22(13-25)15-7-3-6-10-18(15)26(21(22)28)11-19-23-16-8-4-5-9-17(16)24-19;1-3-4-9-14-15(12,13)11-7-5-10(2)6-8-11;1-2-3-4-5;/h3,5,8,10,17H,4,6-7,9,11-16H2,1-2H3;3,6-7,10,14H,4-5,8-9,11-13H2,1-2H3,(H,23,24);5-8H,3-4,9H2,1-2H3;5H,2-4H2,1H3;1H. The zero-order chi connectivity index (χ0) is 59.9. The van der Waals surface area contributed by atoms with Gasteiger partial charge in [-0.15, -0.1) is 24.0 Å². The number of para-hydroxylation sites is 2. The monoisotopic (exact) mass is 1300 g/mol. The molecule has 6 heterocycles. The number of aliphatic hydroxyl groups excluding tert-OH is 1. The van der Waals surface area contributed by atoms with Crippen LogP contribution in [0, 0.1) is 18.8 Å². The Morgan fingerprint density at radius 1 is 0.702 bits per heavy atom. The Kier molecular flexibility index (Phi) is 22.2. The minimum atomic E-state index is -4.19. The molecule has 2 N–H and O–H groups in total. The van der Waals surface area contributed by atoms with Crippen molar-refractivity contribution in [3.63, 3.8) is 0 Å². The van der Waals surface area contributed by atoms with E-state index in [1.807, 2.05) is 104 Å². The molecule has 4 aliphatic heterocycles. The number of halogens is 4. The van der Waals surface area contributed by atoms with Crippen LogP contribution >= 0.6 is 24.0 Å². The SMILES string of the molecule is CC(C)C(=O)N1CC2(C1)C(=O)N(Cc1nc3c([nH]1)CCCC3)c1ccccc12.CC(C)C(=O)N1CC2(C1)C(=O)N(Cc1nc3c(n1CCCC(F)(F)F)CCCC3)c1ccccc12.CCCCO.CCCCOS(=O)(=O)c1ccc(C)cc1.I. The van der Waals surface area contributed by atoms with Crippen molar-refractivity contribution in [1.29, 1.82) is 0 Å². The van der Waals surface area contributed by atoms with E-state index in [9.17, 15) is 40.8 Å². The highest BCUT2D eigenvalue weighted by atomic mass is 127. The van der Waals surface area contributed by atoms with Crippen molar-refractivity contribution >= 4 is 69.1 Å². The number of aryl methyl sites for hydroxylation is 4. The predicted molar refractivity (Wildman–Crippen MR) is 327 cm³/mol. The average molecular weight is 1300 g/mol. The van der Waals surface area contributed by atoms with Crippen LogP contribution in [-0.2, 0) is 89.6 Å². The van der Waals surface area contributed by atoms with E-state index < -0.39 is 33.5 Å². The van der Waals surface area contributed by atoms with E-state index in [1.165, 1.54) is 18.5 Å². The molecule has 3 aromatic carbocycles. The number of benzene rings is 3. The summed E-state index contributed by atoms with van der Waals surface area (Å²) in [6.07, 6.45) is 6.74. The molecule has 6 aliphatic rings. The minimum Gasteiger partial charge on any atom is -0.396 e. The van der Waals surface area contributed by atoms with Gasteiger partial charge in [-0.25, -0.2) is 9.97 Å². The van der Waals surface area contributed by atoms with Gasteiger partial charge in [-0.2, -0.15) is 21.6 Å².